The van der Waals surface area contributed by atoms with E-state index in [1.165, 1.54) is 6.07 Å². The molecule has 0 aliphatic carbocycles. The van der Waals surface area contributed by atoms with Gasteiger partial charge in [-0.05, 0) is 31.5 Å². The predicted octanol–water partition coefficient (Wildman–Crippen LogP) is 2.26. The second-order valence-electron chi connectivity index (χ2n) is 6.59. The van der Waals surface area contributed by atoms with Crippen molar-refractivity contribution >= 4 is 11.7 Å². The highest BCUT2D eigenvalue weighted by Crippen LogP contribution is 2.16. The Labute approximate surface area is 150 Å². The second-order valence-corrected chi connectivity index (χ2v) is 6.59. The lowest BCUT2D eigenvalue weighted by Gasteiger charge is -2.33. The summed E-state index contributed by atoms with van der Waals surface area (Å²) in [5, 5.41) is 3.05. The van der Waals surface area contributed by atoms with Crippen LogP contribution in [0.15, 0.2) is 48.9 Å². The third-order valence-corrected chi connectivity index (χ3v) is 4.66. The number of benzene rings is 1. The molecule has 0 spiro atoms. The lowest BCUT2D eigenvalue weighted by atomic mass is 10.0. The Balaban J connectivity index is 1.40. The lowest BCUT2D eigenvalue weighted by Crippen LogP contribution is -2.47. The van der Waals surface area contributed by atoms with Crippen molar-refractivity contribution in [2.45, 2.75) is 25.4 Å². The summed E-state index contributed by atoms with van der Waals surface area (Å²) in [6, 6.07) is 8.65. The highest BCUT2D eigenvalue weighted by atomic mass is 19.1. The Morgan fingerprint density at radius 2 is 2.19 bits per heavy atom. The van der Waals surface area contributed by atoms with E-state index in [0.29, 0.717) is 30.1 Å². The van der Waals surface area contributed by atoms with Crippen LogP contribution in [0.3, 0.4) is 0 Å². The first kappa shape index (κ1) is 16.7. The molecule has 1 fully saturated rings. The Morgan fingerprint density at radius 3 is 3.04 bits per heavy atom. The highest BCUT2D eigenvalue weighted by molar-refractivity contribution is 5.92. The van der Waals surface area contributed by atoms with Crippen molar-refractivity contribution < 1.29 is 9.18 Å². The number of nitrogens with zero attached hydrogens (tertiary/aromatic N) is 4. The summed E-state index contributed by atoms with van der Waals surface area (Å²) in [4.78, 5) is 23.1. The minimum atomic E-state index is -0.201. The van der Waals surface area contributed by atoms with E-state index in [2.05, 4.69) is 20.2 Å². The molecule has 1 aliphatic rings. The fourth-order valence-electron chi connectivity index (χ4n) is 3.38. The molecule has 3 heterocycles. The third-order valence-electron chi connectivity index (χ3n) is 4.66. The molecule has 1 aromatic carbocycles. The van der Waals surface area contributed by atoms with Gasteiger partial charge in [0.1, 0.15) is 11.5 Å². The van der Waals surface area contributed by atoms with Crippen LogP contribution in [-0.2, 0) is 6.54 Å². The number of piperidine rings is 1. The molecule has 1 amide bonds. The molecule has 0 bridgehead atoms. The van der Waals surface area contributed by atoms with Crippen molar-refractivity contribution in [2.75, 3.05) is 13.1 Å². The Hall–Kier alpha value is -2.80. The van der Waals surface area contributed by atoms with Gasteiger partial charge in [0.25, 0.3) is 5.91 Å². The van der Waals surface area contributed by atoms with Gasteiger partial charge in [-0.2, -0.15) is 0 Å². The maximum Gasteiger partial charge on any atom is 0.271 e. The number of carbonyl (C=O) groups excluding carboxylic acids is 1. The van der Waals surface area contributed by atoms with Crippen LogP contribution in [0.25, 0.3) is 5.78 Å². The number of amides is 1. The van der Waals surface area contributed by atoms with Gasteiger partial charge in [0.2, 0.25) is 5.78 Å². The number of aromatic nitrogens is 3. The maximum absolute atomic E-state index is 13.9. The minimum absolute atomic E-state index is 0.0285. The number of hydrogen-bond donors (Lipinski definition) is 1. The summed E-state index contributed by atoms with van der Waals surface area (Å²) in [6.07, 6.45) is 7.00. The summed E-state index contributed by atoms with van der Waals surface area (Å²) in [5.74, 6) is 0.117. The fraction of sp³-hybridized carbons (Fsp3) is 0.316. The molecular weight excluding hydrogens is 333 g/mol. The van der Waals surface area contributed by atoms with Crippen LogP contribution in [-0.4, -0.2) is 44.3 Å². The summed E-state index contributed by atoms with van der Waals surface area (Å²) >= 11 is 0. The van der Waals surface area contributed by atoms with Gasteiger partial charge in [0, 0.05) is 43.3 Å². The summed E-state index contributed by atoms with van der Waals surface area (Å²) in [7, 11) is 0. The molecule has 7 heteroatoms. The number of hydrogen-bond acceptors (Lipinski definition) is 4. The summed E-state index contributed by atoms with van der Waals surface area (Å²) < 4.78 is 15.6. The highest BCUT2D eigenvalue weighted by Gasteiger charge is 2.23. The second kappa shape index (κ2) is 7.21. The number of likely N-dealkylation sites (tertiary alicyclic amines) is 1. The molecule has 1 aliphatic heterocycles. The van der Waals surface area contributed by atoms with Gasteiger partial charge in [-0.25, -0.2) is 14.4 Å². The summed E-state index contributed by atoms with van der Waals surface area (Å²) in [5.41, 5.74) is 1.04. The van der Waals surface area contributed by atoms with Crippen molar-refractivity contribution in [3.8, 4) is 0 Å². The molecule has 2 aromatic heterocycles. The van der Waals surface area contributed by atoms with E-state index in [0.717, 1.165) is 19.4 Å². The molecule has 1 saturated heterocycles. The van der Waals surface area contributed by atoms with Gasteiger partial charge in [-0.1, -0.05) is 18.2 Å². The number of nitrogens with one attached hydrogen (secondary N) is 1. The van der Waals surface area contributed by atoms with Crippen LogP contribution in [0.1, 0.15) is 28.9 Å². The van der Waals surface area contributed by atoms with E-state index in [4.69, 9.17) is 0 Å². The maximum atomic E-state index is 13.9. The van der Waals surface area contributed by atoms with Gasteiger partial charge >= 0.3 is 0 Å². The molecule has 3 aromatic rings. The number of carbonyl (C=O) groups is 1. The zero-order valence-corrected chi connectivity index (χ0v) is 14.3. The number of rotatable bonds is 4. The average Bonchev–Trinajstić information content (AvgIpc) is 3.08. The van der Waals surface area contributed by atoms with Gasteiger partial charge in [0.05, 0.1) is 0 Å². The Morgan fingerprint density at radius 1 is 1.31 bits per heavy atom. The molecule has 1 unspecified atom stereocenters. The normalized spacial score (nSPS) is 18.1. The van der Waals surface area contributed by atoms with Crippen molar-refractivity contribution in [1.29, 1.82) is 0 Å². The molecular formula is C19H20FN5O. The molecule has 6 nitrogen and oxygen atoms in total. The first-order chi connectivity index (χ1) is 12.7. The topological polar surface area (TPSA) is 62.5 Å². The Kier molecular flexibility index (Phi) is 4.62. The SMILES string of the molecule is O=C(NC1CCCN(Cc2ccccc2F)C1)c1cn2cccnc2n1. The first-order valence-corrected chi connectivity index (χ1v) is 8.75. The van der Waals surface area contributed by atoms with Gasteiger partial charge in [-0.3, -0.25) is 14.1 Å². The zero-order chi connectivity index (χ0) is 17.9. The first-order valence-electron chi connectivity index (χ1n) is 8.75. The van der Waals surface area contributed by atoms with Crippen LogP contribution in [0.2, 0.25) is 0 Å². The van der Waals surface area contributed by atoms with Crippen molar-refractivity contribution in [2.24, 2.45) is 0 Å². The smallest absolute Gasteiger partial charge is 0.271 e. The predicted molar refractivity (Wildman–Crippen MR) is 95.2 cm³/mol. The van der Waals surface area contributed by atoms with E-state index >= 15 is 0 Å². The lowest BCUT2D eigenvalue weighted by molar-refractivity contribution is 0.0895. The fourth-order valence-corrected chi connectivity index (χ4v) is 3.38. The average molecular weight is 353 g/mol. The number of imidazole rings is 1. The van der Waals surface area contributed by atoms with Crippen LogP contribution in [0.4, 0.5) is 4.39 Å². The van der Waals surface area contributed by atoms with E-state index in [9.17, 15) is 9.18 Å². The Bertz CT molecular complexity index is 892. The molecule has 0 radical (unpaired) electrons. The van der Waals surface area contributed by atoms with Crippen LogP contribution in [0, 0.1) is 5.82 Å². The van der Waals surface area contributed by atoms with E-state index in [-0.39, 0.29) is 17.8 Å². The van der Waals surface area contributed by atoms with Crippen LogP contribution >= 0.6 is 0 Å². The largest absolute Gasteiger partial charge is 0.347 e. The van der Waals surface area contributed by atoms with Crippen molar-refractivity contribution in [3.63, 3.8) is 0 Å². The molecule has 1 atom stereocenters. The summed E-state index contributed by atoms with van der Waals surface area (Å²) in [6.45, 7) is 2.15. The molecule has 4 rings (SSSR count). The monoisotopic (exact) mass is 353 g/mol. The molecule has 1 N–H and O–H groups in total. The van der Waals surface area contributed by atoms with Gasteiger partial charge in [0.15, 0.2) is 0 Å². The molecule has 134 valence electrons. The number of fused-ring (bicyclic) bond motifs is 1. The van der Waals surface area contributed by atoms with E-state index in [1.807, 2.05) is 12.3 Å². The third kappa shape index (κ3) is 3.57. The van der Waals surface area contributed by atoms with Gasteiger partial charge < -0.3 is 5.32 Å². The van der Waals surface area contributed by atoms with E-state index < -0.39 is 0 Å². The molecule has 26 heavy (non-hydrogen) atoms. The zero-order valence-electron chi connectivity index (χ0n) is 14.3. The van der Waals surface area contributed by atoms with E-state index in [1.54, 1.807) is 35.0 Å². The minimum Gasteiger partial charge on any atom is -0.347 e. The molecule has 0 saturated carbocycles. The van der Waals surface area contributed by atoms with Crippen molar-refractivity contribution in [3.05, 3.63) is 66.0 Å². The van der Waals surface area contributed by atoms with Gasteiger partial charge in [-0.15, -0.1) is 0 Å². The standard InChI is InChI=1S/C19H20FN5O/c20-16-7-2-1-5-14(16)11-24-9-3-6-15(12-24)22-18(26)17-13-25-10-4-8-21-19(25)23-17/h1-2,4-5,7-8,10,13,15H,3,6,9,11-12H2,(H,22,26). The van der Waals surface area contributed by atoms with Crippen LogP contribution in [0.5, 0.6) is 0 Å². The quantitative estimate of drug-likeness (QED) is 0.782. The number of halogens is 1. The van der Waals surface area contributed by atoms with Crippen molar-refractivity contribution in [1.82, 2.24) is 24.6 Å². The van der Waals surface area contributed by atoms with Crippen LogP contribution < -0.4 is 5.32 Å².